The Bertz CT molecular complexity index is 259. The number of amides is 1. The Balaban J connectivity index is 4.13. The van der Waals surface area contributed by atoms with Gasteiger partial charge in [-0.15, -0.1) is 0 Å². The van der Waals surface area contributed by atoms with E-state index >= 15 is 0 Å². The third-order valence-corrected chi connectivity index (χ3v) is 1.66. The fraction of sp³-hybridized carbons (Fsp3) is 0.818. The van der Waals surface area contributed by atoms with Crippen LogP contribution in [0.2, 0.25) is 0 Å². The number of rotatable bonds is 5. The van der Waals surface area contributed by atoms with E-state index in [-0.39, 0.29) is 19.6 Å². The monoisotopic (exact) mass is 247 g/mol. The summed E-state index contributed by atoms with van der Waals surface area (Å²) in [7, 11) is 0. The van der Waals surface area contributed by atoms with Gasteiger partial charge in [-0.25, -0.2) is 4.79 Å². The zero-order chi connectivity index (χ0) is 13.5. The molecule has 0 radical (unpaired) electrons. The summed E-state index contributed by atoms with van der Waals surface area (Å²) in [6, 6.07) is -0.691. The molecule has 0 spiro atoms. The van der Waals surface area contributed by atoms with Crippen molar-refractivity contribution < 1.29 is 24.2 Å². The molecule has 6 heteroatoms. The summed E-state index contributed by atoms with van der Waals surface area (Å²) in [6.07, 6.45) is -0.746. The maximum absolute atomic E-state index is 11.4. The van der Waals surface area contributed by atoms with Gasteiger partial charge in [0.15, 0.2) is 0 Å². The van der Waals surface area contributed by atoms with Crippen LogP contribution in [0.4, 0.5) is 4.79 Å². The van der Waals surface area contributed by atoms with Crippen molar-refractivity contribution in [2.75, 3.05) is 13.2 Å². The van der Waals surface area contributed by atoms with Gasteiger partial charge in [0.2, 0.25) is 0 Å². The SMILES string of the molecule is CCOC(=O)C[C@@H](CO)NC(=O)OC(C)(C)C. The van der Waals surface area contributed by atoms with Gasteiger partial charge >= 0.3 is 12.1 Å². The molecule has 0 saturated carbocycles. The van der Waals surface area contributed by atoms with Crippen LogP contribution in [0.5, 0.6) is 0 Å². The van der Waals surface area contributed by atoms with Crippen LogP contribution in [0.1, 0.15) is 34.1 Å². The smallest absolute Gasteiger partial charge is 0.407 e. The highest BCUT2D eigenvalue weighted by Gasteiger charge is 2.21. The number of carbonyl (C=O) groups is 2. The molecular formula is C11H21NO5. The molecule has 0 heterocycles. The fourth-order valence-corrected chi connectivity index (χ4v) is 1.06. The molecule has 0 aliphatic rings. The predicted octanol–water partition coefficient (Wildman–Crippen LogP) is 0.825. The lowest BCUT2D eigenvalue weighted by Crippen LogP contribution is -2.42. The van der Waals surface area contributed by atoms with Gasteiger partial charge < -0.3 is 19.9 Å². The highest BCUT2D eigenvalue weighted by atomic mass is 16.6. The predicted molar refractivity (Wildman–Crippen MR) is 61.5 cm³/mol. The number of ether oxygens (including phenoxy) is 2. The number of hydrogen-bond acceptors (Lipinski definition) is 5. The number of hydrogen-bond donors (Lipinski definition) is 2. The number of esters is 1. The third kappa shape index (κ3) is 8.50. The molecule has 0 fully saturated rings. The summed E-state index contributed by atoms with van der Waals surface area (Å²) in [6.45, 7) is 6.79. The molecule has 0 aliphatic heterocycles. The van der Waals surface area contributed by atoms with Crippen LogP contribution < -0.4 is 5.32 Å². The molecule has 6 nitrogen and oxygen atoms in total. The molecule has 0 unspecified atom stereocenters. The van der Waals surface area contributed by atoms with Gasteiger partial charge in [0.05, 0.1) is 25.7 Å². The maximum Gasteiger partial charge on any atom is 0.407 e. The molecule has 0 aromatic rings. The summed E-state index contributed by atoms with van der Waals surface area (Å²) in [5, 5.41) is 11.4. The summed E-state index contributed by atoms with van der Waals surface area (Å²) >= 11 is 0. The Morgan fingerprint density at radius 2 is 1.94 bits per heavy atom. The first kappa shape index (κ1) is 15.7. The minimum Gasteiger partial charge on any atom is -0.466 e. The Hall–Kier alpha value is -1.30. The van der Waals surface area contributed by atoms with Crippen LogP contribution in [0.3, 0.4) is 0 Å². The minimum absolute atomic E-state index is 0.0798. The molecule has 100 valence electrons. The second-order valence-corrected chi connectivity index (χ2v) is 4.53. The van der Waals surface area contributed by atoms with Gasteiger partial charge in [0, 0.05) is 0 Å². The van der Waals surface area contributed by atoms with Crippen molar-refractivity contribution in [3.05, 3.63) is 0 Å². The quantitative estimate of drug-likeness (QED) is 0.703. The number of carbonyl (C=O) groups excluding carboxylic acids is 2. The van der Waals surface area contributed by atoms with Gasteiger partial charge in [-0.1, -0.05) is 0 Å². The number of alkyl carbamates (subject to hydrolysis) is 1. The number of aliphatic hydroxyl groups is 1. The van der Waals surface area contributed by atoms with Crippen molar-refractivity contribution in [3.63, 3.8) is 0 Å². The van der Waals surface area contributed by atoms with Gasteiger partial charge in [-0.3, -0.25) is 4.79 Å². The van der Waals surface area contributed by atoms with Crippen LogP contribution in [-0.2, 0) is 14.3 Å². The lowest BCUT2D eigenvalue weighted by atomic mass is 10.2. The molecule has 1 amide bonds. The first-order valence-corrected chi connectivity index (χ1v) is 5.54. The normalized spacial score (nSPS) is 12.8. The molecule has 0 bridgehead atoms. The number of nitrogens with one attached hydrogen (secondary N) is 1. The molecule has 0 aliphatic carbocycles. The summed E-state index contributed by atoms with van der Waals surface area (Å²) in [5.74, 6) is -0.470. The largest absolute Gasteiger partial charge is 0.466 e. The van der Waals surface area contributed by atoms with Gasteiger partial charge in [-0.05, 0) is 27.7 Å². The molecule has 0 aromatic carbocycles. The van der Waals surface area contributed by atoms with E-state index in [9.17, 15) is 9.59 Å². The molecular weight excluding hydrogens is 226 g/mol. The van der Waals surface area contributed by atoms with Crippen LogP contribution in [0.15, 0.2) is 0 Å². The van der Waals surface area contributed by atoms with Crippen LogP contribution in [-0.4, -0.2) is 42.0 Å². The second kappa shape index (κ2) is 7.11. The Labute approximate surface area is 101 Å². The van der Waals surface area contributed by atoms with E-state index in [0.717, 1.165) is 0 Å². The van der Waals surface area contributed by atoms with Crippen LogP contribution in [0.25, 0.3) is 0 Å². The van der Waals surface area contributed by atoms with Gasteiger partial charge in [-0.2, -0.15) is 0 Å². The van der Waals surface area contributed by atoms with Crippen molar-refractivity contribution in [1.29, 1.82) is 0 Å². The Kier molecular flexibility index (Phi) is 6.57. The van der Waals surface area contributed by atoms with Gasteiger partial charge in [0.25, 0.3) is 0 Å². The van der Waals surface area contributed by atoms with Crippen molar-refractivity contribution in [1.82, 2.24) is 5.32 Å². The Morgan fingerprint density at radius 1 is 1.35 bits per heavy atom. The fourth-order valence-electron chi connectivity index (χ4n) is 1.06. The molecule has 0 aromatic heterocycles. The van der Waals surface area contributed by atoms with E-state index in [1.807, 2.05) is 0 Å². The molecule has 0 saturated heterocycles. The van der Waals surface area contributed by atoms with Crippen LogP contribution in [0, 0.1) is 0 Å². The van der Waals surface area contributed by atoms with E-state index in [1.165, 1.54) is 0 Å². The zero-order valence-electron chi connectivity index (χ0n) is 10.8. The summed E-state index contributed by atoms with van der Waals surface area (Å²) in [5.41, 5.74) is -0.617. The van der Waals surface area contributed by atoms with Crippen molar-refractivity contribution in [3.8, 4) is 0 Å². The molecule has 1 atom stereocenters. The number of aliphatic hydroxyl groups excluding tert-OH is 1. The van der Waals surface area contributed by atoms with E-state index in [0.29, 0.717) is 0 Å². The van der Waals surface area contributed by atoms with E-state index in [4.69, 9.17) is 14.6 Å². The maximum atomic E-state index is 11.4. The van der Waals surface area contributed by atoms with E-state index in [1.54, 1.807) is 27.7 Å². The average molecular weight is 247 g/mol. The van der Waals surface area contributed by atoms with Crippen molar-refractivity contribution in [2.45, 2.75) is 45.8 Å². The first-order chi connectivity index (χ1) is 7.78. The van der Waals surface area contributed by atoms with Gasteiger partial charge in [0.1, 0.15) is 5.60 Å². The lowest BCUT2D eigenvalue weighted by molar-refractivity contribution is -0.143. The summed E-state index contributed by atoms with van der Waals surface area (Å²) < 4.78 is 9.71. The first-order valence-electron chi connectivity index (χ1n) is 5.54. The Morgan fingerprint density at radius 3 is 2.35 bits per heavy atom. The summed E-state index contributed by atoms with van der Waals surface area (Å²) in [4.78, 5) is 22.5. The zero-order valence-corrected chi connectivity index (χ0v) is 10.8. The standard InChI is InChI=1S/C11H21NO5/c1-5-16-9(14)6-8(7-13)12-10(15)17-11(2,3)4/h8,13H,5-7H2,1-4H3,(H,12,15)/t8-/m0/s1. The third-order valence-electron chi connectivity index (χ3n) is 1.66. The molecule has 17 heavy (non-hydrogen) atoms. The second-order valence-electron chi connectivity index (χ2n) is 4.53. The highest BCUT2D eigenvalue weighted by Crippen LogP contribution is 2.07. The van der Waals surface area contributed by atoms with E-state index in [2.05, 4.69) is 5.32 Å². The lowest BCUT2D eigenvalue weighted by Gasteiger charge is -2.22. The minimum atomic E-state index is -0.691. The van der Waals surface area contributed by atoms with Crippen molar-refractivity contribution >= 4 is 12.1 Å². The molecule has 0 rings (SSSR count). The highest BCUT2D eigenvalue weighted by molar-refractivity contribution is 5.72. The topological polar surface area (TPSA) is 84.9 Å². The van der Waals surface area contributed by atoms with Crippen LogP contribution >= 0.6 is 0 Å². The average Bonchev–Trinajstić information content (AvgIpc) is 2.13. The van der Waals surface area contributed by atoms with E-state index < -0.39 is 23.7 Å². The van der Waals surface area contributed by atoms with Crippen molar-refractivity contribution in [2.24, 2.45) is 0 Å². The molecule has 2 N–H and O–H groups in total.